The number of halogens is 6. The molecule has 2 aliphatic heterocycles. The number of aromatic nitrogens is 2. The number of rotatable bonds is 5. The standard InChI is InChI=1S/C17H24N4S.2C2HF3O2/c1-2-9-19(8-1)10-6-16-13-20(14-17-4-3-11-22-17)12-15-5-7-18-21(15)16;2*3-2(4,5)1(6)7/h3-5,7,11,16H,1-2,6,8-10,12-14H2;2*(H,6,7). The molecule has 2 aliphatic rings. The summed E-state index contributed by atoms with van der Waals surface area (Å²) in [5, 5.41) is 21.0. The van der Waals surface area contributed by atoms with E-state index in [9.17, 15) is 26.3 Å². The van der Waals surface area contributed by atoms with Crippen molar-refractivity contribution < 1.29 is 46.1 Å². The number of carboxylic acids is 2. The molecule has 15 heteroatoms. The van der Waals surface area contributed by atoms with Crippen LogP contribution in [0.3, 0.4) is 0 Å². The Morgan fingerprint density at radius 3 is 2.08 bits per heavy atom. The first-order valence-corrected chi connectivity index (χ1v) is 11.7. The van der Waals surface area contributed by atoms with Gasteiger partial charge >= 0.3 is 24.3 Å². The summed E-state index contributed by atoms with van der Waals surface area (Å²) in [5.41, 5.74) is 1.37. The van der Waals surface area contributed by atoms with E-state index in [1.807, 2.05) is 17.5 Å². The van der Waals surface area contributed by atoms with Crippen LogP contribution < -0.4 is 0 Å². The number of fused-ring (bicyclic) bond motifs is 1. The van der Waals surface area contributed by atoms with Crippen LogP contribution in [-0.2, 0) is 22.7 Å². The first kappa shape index (κ1) is 29.6. The highest BCUT2D eigenvalue weighted by Gasteiger charge is 2.38. The molecule has 1 fully saturated rings. The predicted molar refractivity (Wildman–Crippen MR) is 117 cm³/mol. The second-order valence-corrected chi connectivity index (χ2v) is 9.15. The number of thiophene rings is 1. The van der Waals surface area contributed by atoms with E-state index < -0.39 is 24.3 Å². The van der Waals surface area contributed by atoms with Crippen molar-refractivity contribution in [2.45, 2.75) is 50.7 Å². The average molecular weight is 545 g/mol. The minimum atomic E-state index is -5.08. The summed E-state index contributed by atoms with van der Waals surface area (Å²) in [7, 11) is 0. The molecule has 0 saturated carbocycles. The molecule has 4 heterocycles. The molecule has 0 amide bonds. The molecule has 2 aromatic rings. The van der Waals surface area contributed by atoms with Gasteiger partial charge in [-0.3, -0.25) is 9.58 Å². The Morgan fingerprint density at radius 1 is 1.00 bits per heavy atom. The van der Waals surface area contributed by atoms with E-state index in [1.54, 1.807) is 0 Å². The van der Waals surface area contributed by atoms with Crippen molar-refractivity contribution in [3.05, 3.63) is 40.3 Å². The van der Waals surface area contributed by atoms with Crippen molar-refractivity contribution in [1.82, 2.24) is 19.6 Å². The quantitative estimate of drug-likeness (QED) is 0.543. The van der Waals surface area contributed by atoms with Crippen molar-refractivity contribution in [3.63, 3.8) is 0 Å². The van der Waals surface area contributed by atoms with Crippen LogP contribution in [-0.4, -0.2) is 80.3 Å². The lowest BCUT2D eigenvalue weighted by molar-refractivity contribution is -0.193. The molecule has 1 unspecified atom stereocenters. The maximum atomic E-state index is 10.6. The molecule has 0 aromatic carbocycles. The fourth-order valence-electron chi connectivity index (χ4n) is 3.76. The number of hydrogen-bond acceptors (Lipinski definition) is 6. The highest BCUT2D eigenvalue weighted by Crippen LogP contribution is 2.26. The molecule has 0 radical (unpaired) electrons. The van der Waals surface area contributed by atoms with Crippen LogP contribution in [0, 0.1) is 0 Å². The Kier molecular flexibility index (Phi) is 10.7. The van der Waals surface area contributed by atoms with Gasteiger partial charge in [-0.25, -0.2) is 9.59 Å². The van der Waals surface area contributed by atoms with Gasteiger partial charge in [0.2, 0.25) is 0 Å². The van der Waals surface area contributed by atoms with E-state index >= 15 is 0 Å². The van der Waals surface area contributed by atoms with Crippen LogP contribution in [0.2, 0.25) is 0 Å². The monoisotopic (exact) mass is 544 g/mol. The van der Waals surface area contributed by atoms with E-state index in [0.717, 1.165) is 19.6 Å². The minimum absolute atomic E-state index is 0.527. The van der Waals surface area contributed by atoms with Gasteiger partial charge in [-0.15, -0.1) is 11.3 Å². The van der Waals surface area contributed by atoms with Gasteiger partial charge in [-0.2, -0.15) is 31.4 Å². The average Bonchev–Trinajstić information content (AvgIpc) is 3.54. The first-order chi connectivity index (χ1) is 16.8. The molecule has 4 rings (SSSR count). The highest BCUT2D eigenvalue weighted by atomic mass is 32.1. The molecule has 1 atom stereocenters. The third kappa shape index (κ3) is 9.78. The van der Waals surface area contributed by atoms with Crippen LogP contribution in [0.4, 0.5) is 26.3 Å². The van der Waals surface area contributed by atoms with Gasteiger partial charge < -0.3 is 15.1 Å². The first-order valence-electron chi connectivity index (χ1n) is 10.9. The summed E-state index contributed by atoms with van der Waals surface area (Å²) < 4.78 is 65.8. The maximum absolute atomic E-state index is 10.6. The second kappa shape index (κ2) is 13.1. The number of carboxylic acid groups (broad SMARTS) is 2. The molecule has 2 N–H and O–H groups in total. The molecular weight excluding hydrogens is 518 g/mol. The van der Waals surface area contributed by atoms with E-state index in [1.165, 1.54) is 49.5 Å². The van der Waals surface area contributed by atoms with Crippen LogP contribution in [0.5, 0.6) is 0 Å². The molecule has 0 aliphatic carbocycles. The van der Waals surface area contributed by atoms with Gasteiger partial charge in [0.15, 0.2) is 0 Å². The van der Waals surface area contributed by atoms with Crippen molar-refractivity contribution in [2.75, 3.05) is 26.2 Å². The smallest absolute Gasteiger partial charge is 0.475 e. The van der Waals surface area contributed by atoms with E-state index in [4.69, 9.17) is 19.8 Å². The zero-order chi connectivity index (χ0) is 26.9. The summed E-state index contributed by atoms with van der Waals surface area (Å²) >= 11 is 1.86. The van der Waals surface area contributed by atoms with Crippen molar-refractivity contribution in [2.24, 2.45) is 0 Å². The fraction of sp³-hybridized carbons (Fsp3) is 0.571. The summed E-state index contributed by atoms with van der Waals surface area (Å²) in [4.78, 5) is 24.4. The summed E-state index contributed by atoms with van der Waals surface area (Å²) in [5.74, 6) is -5.51. The van der Waals surface area contributed by atoms with Gasteiger partial charge in [-0.05, 0) is 49.9 Å². The lowest BCUT2D eigenvalue weighted by Gasteiger charge is -2.34. The Hall–Kier alpha value is -2.65. The van der Waals surface area contributed by atoms with E-state index in [2.05, 4.69) is 43.2 Å². The molecule has 1 saturated heterocycles. The zero-order valence-electron chi connectivity index (χ0n) is 19.0. The topological polar surface area (TPSA) is 98.9 Å². The van der Waals surface area contributed by atoms with Gasteiger partial charge in [-0.1, -0.05) is 6.07 Å². The molecule has 8 nitrogen and oxygen atoms in total. The van der Waals surface area contributed by atoms with E-state index in [0.29, 0.717) is 6.04 Å². The van der Waals surface area contributed by atoms with Crippen LogP contribution >= 0.6 is 11.3 Å². The third-order valence-corrected chi connectivity index (χ3v) is 6.24. The van der Waals surface area contributed by atoms with Gasteiger partial charge in [0.25, 0.3) is 0 Å². The Labute approximate surface area is 206 Å². The third-order valence-electron chi connectivity index (χ3n) is 5.37. The molecule has 2 aromatic heterocycles. The summed E-state index contributed by atoms with van der Waals surface area (Å²) in [6, 6.07) is 7.11. The number of hydrogen-bond donors (Lipinski definition) is 2. The summed E-state index contributed by atoms with van der Waals surface area (Å²) in [6.45, 7) is 7.02. The molecular formula is C21H26F6N4O4S. The molecule has 0 spiro atoms. The lowest BCUT2D eigenvalue weighted by atomic mass is 10.1. The van der Waals surface area contributed by atoms with Gasteiger partial charge in [0.1, 0.15) is 0 Å². The van der Waals surface area contributed by atoms with Crippen LogP contribution in [0.25, 0.3) is 0 Å². The predicted octanol–water partition coefficient (Wildman–Crippen LogP) is 4.25. The minimum Gasteiger partial charge on any atom is -0.475 e. The number of aliphatic carboxylic acids is 2. The highest BCUT2D eigenvalue weighted by molar-refractivity contribution is 7.09. The fourth-order valence-corrected chi connectivity index (χ4v) is 4.51. The number of likely N-dealkylation sites (tertiary alicyclic amines) is 1. The maximum Gasteiger partial charge on any atom is 0.490 e. The lowest BCUT2D eigenvalue weighted by Crippen LogP contribution is -2.38. The second-order valence-electron chi connectivity index (χ2n) is 8.11. The Balaban J connectivity index is 0.000000271. The van der Waals surface area contributed by atoms with E-state index in [-0.39, 0.29) is 0 Å². The van der Waals surface area contributed by atoms with Gasteiger partial charge in [0, 0.05) is 37.3 Å². The normalized spacial score (nSPS) is 18.4. The molecule has 36 heavy (non-hydrogen) atoms. The van der Waals surface area contributed by atoms with Gasteiger partial charge in [0.05, 0.1) is 11.7 Å². The number of alkyl halides is 6. The van der Waals surface area contributed by atoms with Crippen molar-refractivity contribution >= 4 is 23.3 Å². The largest absolute Gasteiger partial charge is 0.490 e. The summed E-state index contributed by atoms with van der Waals surface area (Å²) in [6.07, 6.45) is -4.23. The van der Waals surface area contributed by atoms with Crippen molar-refractivity contribution in [1.29, 1.82) is 0 Å². The van der Waals surface area contributed by atoms with Crippen molar-refractivity contribution in [3.8, 4) is 0 Å². The number of carbonyl (C=O) groups is 2. The van der Waals surface area contributed by atoms with Crippen LogP contribution in [0.1, 0.15) is 35.9 Å². The molecule has 202 valence electrons. The zero-order valence-corrected chi connectivity index (χ0v) is 19.8. The Bertz CT molecular complexity index is 935. The SMILES string of the molecule is O=C(O)C(F)(F)F.O=C(O)C(F)(F)F.c1csc(CN2Cc3ccnn3C(CCN3CCCC3)C2)c1. The van der Waals surface area contributed by atoms with Crippen LogP contribution in [0.15, 0.2) is 29.8 Å². The Morgan fingerprint density at radius 2 is 1.58 bits per heavy atom. The number of nitrogens with zero attached hydrogens (tertiary/aromatic N) is 4. The molecule has 0 bridgehead atoms.